The molecule has 0 aliphatic rings. The quantitative estimate of drug-likeness (QED) is 0.0262. The average molecular weight is 956 g/mol. The van der Waals surface area contributed by atoms with Crippen LogP contribution in [0.25, 0.3) is 0 Å². The maximum atomic E-state index is 12.9. The Bertz CT molecular complexity index is 1470. The lowest BCUT2D eigenvalue weighted by atomic mass is 10.1. The van der Waals surface area contributed by atoms with Crippen molar-refractivity contribution in [3.8, 4) is 0 Å². The van der Waals surface area contributed by atoms with Crippen LogP contribution in [0.1, 0.15) is 239 Å². The Balaban J connectivity index is 4.55. The number of unbranched alkanes of at least 4 members (excludes halogenated alkanes) is 18. The molecule has 69 heavy (non-hydrogen) atoms. The monoisotopic (exact) mass is 955 g/mol. The van der Waals surface area contributed by atoms with E-state index in [9.17, 15) is 14.4 Å². The first kappa shape index (κ1) is 64.8. The number of ether oxygens (including phenoxy) is 3. The summed E-state index contributed by atoms with van der Waals surface area (Å²) in [6, 6.07) is 0. The predicted octanol–water partition coefficient (Wildman–Crippen LogP) is 18.9. The highest BCUT2D eigenvalue weighted by Crippen LogP contribution is 2.13. The van der Waals surface area contributed by atoms with Crippen molar-refractivity contribution in [3.05, 3.63) is 122 Å². The zero-order valence-corrected chi connectivity index (χ0v) is 44.5. The van der Waals surface area contributed by atoms with Gasteiger partial charge < -0.3 is 14.2 Å². The van der Waals surface area contributed by atoms with Gasteiger partial charge in [0.2, 0.25) is 0 Å². The molecule has 0 heterocycles. The van der Waals surface area contributed by atoms with Crippen LogP contribution in [0.3, 0.4) is 0 Å². The van der Waals surface area contributed by atoms with Gasteiger partial charge in [-0.15, -0.1) is 0 Å². The van der Waals surface area contributed by atoms with Crippen molar-refractivity contribution in [2.45, 2.75) is 245 Å². The lowest BCUT2D eigenvalue weighted by molar-refractivity contribution is -0.167. The molecule has 0 aromatic carbocycles. The molecule has 0 radical (unpaired) electrons. The third kappa shape index (κ3) is 54.6. The maximum absolute atomic E-state index is 12.9. The topological polar surface area (TPSA) is 78.9 Å². The predicted molar refractivity (Wildman–Crippen MR) is 297 cm³/mol. The SMILES string of the molecule is CC/C=C\C/C=C\C/C=C\C/C=C\C/C=C\CCCC(=O)OC[C@H](COC(=O)CCCCCC/C=C\C/C=C\C/C=C\CCCCC)OC(=O)CCCCCCCCC/C=C\C/C=C\CCCCC. The Morgan fingerprint density at radius 3 is 0.942 bits per heavy atom. The van der Waals surface area contributed by atoms with Gasteiger partial charge in [-0.1, -0.05) is 213 Å². The van der Waals surface area contributed by atoms with Crippen LogP contribution >= 0.6 is 0 Å². The smallest absolute Gasteiger partial charge is 0.306 e. The fourth-order valence-electron chi connectivity index (χ4n) is 7.22. The Hall–Kier alpha value is -4.19. The molecule has 0 saturated heterocycles. The molecular weight excluding hydrogens is 853 g/mol. The summed E-state index contributed by atoms with van der Waals surface area (Å²) >= 11 is 0. The number of hydrogen-bond donors (Lipinski definition) is 0. The first-order chi connectivity index (χ1) is 34.0. The second-order valence-corrected chi connectivity index (χ2v) is 18.1. The van der Waals surface area contributed by atoms with E-state index in [1.807, 2.05) is 0 Å². The molecule has 0 aromatic heterocycles. The number of esters is 3. The molecule has 0 spiro atoms. The van der Waals surface area contributed by atoms with Gasteiger partial charge in [0.05, 0.1) is 0 Å². The number of rotatable bonds is 49. The minimum Gasteiger partial charge on any atom is -0.462 e. The van der Waals surface area contributed by atoms with Gasteiger partial charge in [0.15, 0.2) is 6.10 Å². The van der Waals surface area contributed by atoms with E-state index < -0.39 is 6.10 Å². The third-order valence-corrected chi connectivity index (χ3v) is 11.4. The van der Waals surface area contributed by atoms with E-state index in [1.165, 1.54) is 77.0 Å². The summed E-state index contributed by atoms with van der Waals surface area (Å²) in [7, 11) is 0. The van der Waals surface area contributed by atoms with Crippen LogP contribution in [0.2, 0.25) is 0 Å². The van der Waals surface area contributed by atoms with Crippen molar-refractivity contribution in [2.75, 3.05) is 13.2 Å². The van der Waals surface area contributed by atoms with Crippen molar-refractivity contribution in [2.24, 2.45) is 0 Å². The Labute approximate surface area is 424 Å². The molecule has 6 heteroatoms. The van der Waals surface area contributed by atoms with E-state index in [1.54, 1.807) is 0 Å². The zero-order chi connectivity index (χ0) is 50.0. The second-order valence-electron chi connectivity index (χ2n) is 18.1. The van der Waals surface area contributed by atoms with E-state index >= 15 is 0 Å². The molecule has 1 atom stereocenters. The van der Waals surface area contributed by atoms with Crippen LogP contribution in [0.15, 0.2) is 122 Å². The van der Waals surface area contributed by atoms with Crippen LogP contribution in [0.4, 0.5) is 0 Å². The summed E-state index contributed by atoms with van der Waals surface area (Å²) < 4.78 is 16.8. The second kappa shape index (κ2) is 56.4. The van der Waals surface area contributed by atoms with E-state index in [-0.39, 0.29) is 37.5 Å². The first-order valence-electron chi connectivity index (χ1n) is 28.0. The van der Waals surface area contributed by atoms with Gasteiger partial charge >= 0.3 is 17.9 Å². The lowest BCUT2D eigenvalue weighted by Crippen LogP contribution is -2.30. The molecule has 0 aliphatic heterocycles. The summed E-state index contributed by atoms with van der Waals surface area (Å²) in [6.45, 7) is 6.39. The van der Waals surface area contributed by atoms with E-state index in [4.69, 9.17) is 14.2 Å². The molecule has 0 unspecified atom stereocenters. The fraction of sp³-hybridized carbons (Fsp3) is 0.635. The summed E-state index contributed by atoms with van der Waals surface area (Å²) in [5.74, 6) is -1.00. The molecular formula is C63H102O6. The van der Waals surface area contributed by atoms with Crippen molar-refractivity contribution < 1.29 is 28.6 Å². The van der Waals surface area contributed by atoms with Gasteiger partial charge in [-0.05, 0) is 128 Å². The van der Waals surface area contributed by atoms with Crippen LogP contribution in [-0.2, 0) is 28.6 Å². The standard InChI is InChI=1S/C63H102O6/c1-4-7-10-13-16-19-22-25-28-31-34-37-40-43-46-49-52-55-61(64)67-58-60(69-63(66)57-54-51-48-45-42-39-36-33-30-27-24-21-18-15-12-9-6-3)59-68-62(65)56-53-50-47-44-41-38-35-32-29-26-23-20-17-14-11-8-5-2/h7,10,16-21,25-30,34-35,37-38,43,46,60H,4-6,8-9,11-15,22-24,31-33,36,39-42,44-45,47-59H2,1-3H3/b10-7-,19-16-,20-17-,21-18-,28-25-,29-26-,30-27-,37-34-,38-35-,46-43-/t60-/m1/s1. The van der Waals surface area contributed by atoms with Crippen molar-refractivity contribution in [1.82, 2.24) is 0 Å². The molecule has 0 aromatic rings. The zero-order valence-electron chi connectivity index (χ0n) is 44.5. The van der Waals surface area contributed by atoms with Crippen LogP contribution < -0.4 is 0 Å². The highest BCUT2D eigenvalue weighted by molar-refractivity contribution is 5.71. The first-order valence-corrected chi connectivity index (χ1v) is 28.0. The molecule has 0 rings (SSSR count). The molecule has 0 amide bonds. The Kier molecular flexibility index (Phi) is 53.0. The van der Waals surface area contributed by atoms with Crippen molar-refractivity contribution >= 4 is 17.9 Å². The molecule has 0 N–H and O–H groups in total. The van der Waals surface area contributed by atoms with Gasteiger partial charge in [-0.2, -0.15) is 0 Å². The lowest BCUT2D eigenvalue weighted by Gasteiger charge is -2.18. The number of allylic oxidation sites excluding steroid dienone is 20. The number of carbonyl (C=O) groups is 3. The van der Waals surface area contributed by atoms with E-state index in [0.29, 0.717) is 19.3 Å². The van der Waals surface area contributed by atoms with Crippen LogP contribution in [-0.4, -0.2) is 37.2 Å². The van der Waals surface area contributed by atoms with E-state index in [2.05, 4.69) is 142 Å². The molecule has 0 bridgehead atoms. The fourth-order valence-corrected chi connectivity index (χ4v) is 7.22. The summed E-state index contributed by atoms with van der Waals surface area (Å²) in [5.41, 5.74) is 0. The van der Waals surface area contributed by atoms with Crippen molar-refractivity contribution in [1.29, 1.82) is 0 Å². The van der Waals surface area contributed by atoms with Crippen LogP contribution in [0, 0.1) is 0 Å². The molecule has 6 nitrogen and oxygen atoms in total. The number of carbonyl (C=O) groups excluding carboxylic acids is 3. The molecule has 0 saturated carbocycles. The average Bonchev–Trinajstić information content (AvgIpc) is 3.35. The van der Waals surface area contributed by atoms with Crippen LogP contribution in [0.5, 0.6) is 0 Å². The van der Waals surface area contributed by atoms with Gasteiger partial charge in [-0.3, -0.25) is 14.4 Å². The van der Waals surface area contributed by atoms with Gasteiger partial charge in [0.1, 0.15) is 13.2 Å². The largest absolute Gasteiger partial charge is 0.462 e. The van der Waals surface area contributed by atoms with Gasteiger partial charge in [0.25, 0.3) is 0 Å². The molecule has 0 aliphatic carbocycles. The minimum absolute atomic E-state index is 0.114. The van der Waals surface area contributed by atoms with E-state index in [0.717, 1.165) is 116 Å². The van der Waals surface area contributed by atoms with Gasteiger partial charge in [-0.25, -0.2) is 0 Å². The Morgan fingerprint density at radius 2 is 0.580 bits per heavy atom. The summed E-state index contributed by atoms with van der Waals surface area (Å²) in [4.78, 5) is 38.1. The molecule has 0 fully saturated rings. The number of hydrogen-bond acceptors (Lipinski definition) is 6. The maximum Gasteiger partial charge on any atom is 0.306 e. The summed E-state index contributed by atoms with van der Waals surface area (Å²) in [6.07, 6.45) is 77.5. The highest BCUT2D eigenvalue weighted by atomic mass is 16.6. The summed E-state index contributed by atoms with van der Waals surface area (Å²) in [5, 5.41) is 0. The molecule has 390 valence electrons. The Morgan fingerprint density at radius 1 is 0.304 bits per heavy atom. The highest BCUT2D eigenvalue weighted by Gasteiger charge is 2.19. The third-order valence-electron chi connectivity index (χ3n) is 11.4. The van der Waals surface area contributed by atoms with Crippen molar-refractivity contribution in [3.63, 3.8) is 0 Å². The van der Waals surface area contributed by atoms with Gasteiger partial charge in [0, 0.05) is 19.3 Å². The minimum atomic E-state index is -0.819. The normalized spacial score (nSPS) is 13.0.